The lowest BCUT2D eigenvalue weighted by molar-refractivity contribution is 1.06. The van der Waals surface area contributed by atoms with Crippen LogP contribution in [0.15, 0.2) is 48.5 Å². The zero-order valence-electron chi connectivity index (χ0n) is 14.5. The normalized spacial score (nSPS) is 10.2. The Balaban J connectivity index is 1.91. The fourth-order valence-electron chi connectivity index (χ4n) is 2.53. The monoisotopic (exact) mass is 329 g/mol. The maximum Gasteiger partial charge on any atom is 0.136 e. The average molecular weight is 329 g/mol. The summed E-state index contributed by atoms with van der Waals surface area (Å²) in [6, 6.07) is 17.6. The van der Waals surface area contributed by atoms with Gasteiger partial charge in [-0.15, -0.1) is 0 Å². The van der Waals surface area contributed by atoms with Gasteiger partial charge >= 0.3 is 0 Å². The maximum absolute atomic E-state index is 9.22. The molecule has 1 aromatic heterocycles. The van der Waals surface area contributed by atoms with Crippen LogP contribution in [0, 0.1) is 32.1 Å². The molecular formula is C20H19N5. The summed E-state index contributed by atoms with van der Waals surface area (Å²) in [6.07, 6.45) is 0. The molecular weight excluding hydrogens is 310 g/mol. The Hall–Kier alpha value is -3.39. The zero-order valence-corrected chi connectivity index (χ0v) is 14.5. The first-order valence-electron chi connectivity index (χ1n) is 8.01. The number of benzene rings is 2. The molecule has 2 aromatic carbocycles. The zero-order chi connectivity index (χ0) is 17.8. The minimum absolute atomic E-state index is 0.572. The van der Waals surface area contributed by atoms with E-state index in [1.165, 1.54) is 5.56 Å². The molecule has 1 heterocycles. The summed E-state index contributed by atoms with van der Waals surface area (Å²) in [5.74, 6) is 1.99. The van der Waals surface area contributed by atoms with Crippen molar-refractivity contribution in [3.63, 3.8) is 0 Å². The summed E-state index contributed by atoms with van der Waals surface area (Å²) in [5, 5.41) is 15.8. The highest BCUT2D eigenvalue weighted by atomic mass is 15.1. The SMILES string of the molecule is Cc1ccc(C)c(Nc2cc(Nc3ccccc3C#N)nc(C)n2)c1. The standard InChI is InChI=1S/C20H19N5/c1-13-8-9-14(2)18(10-13)25-20-11-19(22-15(3)23-20)24-17-7-5-4-6-16(17)12-21/h4-11H,1-3H3,(H2,22,23,24,25). The quantitative estimate of drug-likeness (QED) is 0.722. The number of para-hydroxylation sites is 1. The minimum Gasteiger partial charge on any atom is -0.340 e. The van der Waals surface area contributed by atoms with Crippen LogP contribution in [0.25, 0.3) is 0 Å². The van der Waals surface area contributed by atoms with Crippen molar-refractivity contribution in [2.24, 2.45) is 0 Å². The summed E-state index contributed by atoms with van der Waals surface area (Å²) in [6.45, 7) is 5.95. The molecule has 5 nitrogen and oxygen atoms in total. The number of anilines is 4. The van der Waals surface area contributed by atoms with E-state index >= 15 is 0 Å². The molecule has 0 amide bonds. The topological polar surface area (TPSA) is 73.6 Å². The molecule has 124 valence electrons. The van der Waals surface area contributed by atoms with Crippen molar-refractivity contribution in [3.05, 3.63) is 71.0 Å². The van der Waals surface area contributed by atoms with Gasteiger partial charge in [-0.1, -0.05) is 24.3 Å². The number of hydrogen-bond donors (Lipinski definition) is 2. The first-order valence-corrected chi connectivity index (χ1v) is 8.01. The molecule has 0 aliphatic carbocycles. The van der Waals surface area contributed by atoms with Crippen molar-refractivity contribution in [3.8, 4) is 6.07 Å². The highest BCUT2D eigenvalue weighted by molar-refractivity contribution is 5.68. The van der Waals surface area contributed by atoms with Crippen LogP contribution in [-0.2, 0) is 0 Å². The number of aromatic nitrogens is 2. The van der Waals surface area contributed by atoms with Crippen LogP contribution < -0.4 is 10.6 Å². The molecule has 0 atom stereocenters. The van der Waals surface area contributed by atoms with E-state index in [0.29, 0.717) is 23.0 Å². The number of hydrogen-bond acceptors (Lipinski definition) is 5. The number of nitrogens with zero attached hydrogens (tertiary/aromatic N) is 3. The summed E-state index contributed by atoms with van der Waals surface area (Å²) >= 11 is 0. The van der Waals surface area contributed by atoms with Gasteiger partial charge in [-0.05, 0) is 50.1 Å². The Morgan fingerprint density at radius 2 is 1.52 bits per heavy atom. The lowest BCUT2D eigenvalue weighted by atomic mass is 10.1. The fraction of sp³-hybridized carbons (Fsp3) is 0.150. The molecule has 3 aromatic rings. The highest BCUT2D eigenvalue weighted by Gasteiger charge is 2.07. The highest BCUT2D eigenvalue weighted by Crippen LogP contribution is 2.24. The molecule has 2 N–H and O–H groups in total. The predicted octanol–water partition coefficient (Wildman–Crippen LogP) is 4.76. The van der Waals surface area contributed by atoms with Crippen LogP contribution in [-0.4, -0.2) is 9.97 Å². The summed E-state index contributed by atoms with van der Waals surface area (Å²) in [4.78, 5) is 8.87. The molecule has 0 bridgehead atoms. The van der Waals surface area contributed by atoms with Gasteiger partial charge in [0.05, 0.1) is 11.3 Å². The van der Waals surface area contributed by atoms with Gasteiger partial charge in [-0.3, -0.25) is 0 Å². The van der Waals surface area contributed by atoms with Crippen LogP contribution in [0.2, 0.25) is 0 Å². The largest absolute Gasteiger partial charge is 0.340 e. The van der Waals surface area contributed by atoms with Crippen molar-refractivity contribution in [1.29, 1.82) is 5.26 Å². The van der Waals surface area contributed by atoms with Gasteiger partial charge in [0.2, 0.25) is 0 Å². The molecule has 3 rings (SSSR count). The summed E-state index contributed by atoms with van der Waals surface area (Å²) in [5.41, 5.74) is 4.64. The molecule has 25 heavy (non-hydrogen) atoms. The number of rotatable bonds is 4. The van der Waals surface area contributed by atoms with Crippen LogP contribution in [0.4, 0.5) is 23.0 Å². The van der Waals surface area contributed by atoms with Crippen molar-refractivity contribution in [1.82, 2.24) is 9.97 Å². The van der Waals surface area contributed by atoms with E-state index in [-0.39, 0.29) is 0 Å². The Labute approximate surface area is 147 Å². The second-order valence-corrected chi connectivity index (χ2v) is 5.91. The van der Waals surface area contributed by atoms with Gasteiger partial charge in [0.25, 0.3) is 0 Å². The minimum atomic E-state index is 0.572. The second-order valence-electron chi connectivity index (χ2n) is 5.91. The lowest BCUT2D eigenvalue weighted by Gasteiger charge is -2.13. The van der Waals surface area contributed by atoms with Gasteiger partial charge in [-0.2, -0.15) is 5.26 Å². The molecule has 0 aliphatic rings. The lowest BCUT2D eigenvalue weighted by Crippen LogP contribution is -2.03. The van der Waals surface area contributed by atoms with E-state index in [9.17, 15) is 5.26 Å². The van der Waals surface area contributed by atoms with Crippen LogP contribution in [0.5, 0.6) is 0 Å². The van der Waals surface area contributed by atoms with E-state index in [4.69, 9.17) is 0 Å². The van der Waals surface area contributed by atoms with Gasteiger partial charge < -0.3 is 10.6 Å². The van der Waals surface area contributed by atoms with Gasteiger partial charge in [-0.25, -0.2) is 9.97 Å². The third-order valence-corrected chi connectivity index (χ3v) is 3.80. The van der Waals surface area contributed by atoms with Gasteiger partial charge in [0, 0.05) is 11.8 Å². The number of aryl methyl sites for hydroxylation is 3. The number of nitrogens with one attached hydrogen (secondary N) is 2. The Bertz CT molecular complexity index is 957. The Kier molecular flexibility index (Phi) is 4.62. The molecule has 0 unspecified atom stereocenters. The van der Waals surface area contributed by atoms with Crippen molar-refractivity contribution in [2.45, 2.75) is 20.8 Å². The van der Waals surface area contributed by atoms with Gasteiger partial charge in [0.15, 0.2) is 0 Å². The molecule has 0 saturated carbocycles. The molecule has 0 spiro atoms. The van der Waals surface area contributed by atoms with Crippen LogP contribution in [0.3, 0.4) is 0 Å². The Morgan fingerprint density at radius 1 is 0.840 bits per heavy atom. The summed E-state index contributed by atoms with van der Waals surface area (Å²) < 4.78 is 0. The van der Waals surface area contributed by atoms with E-state index < -0.39 is 0 Å². The van der Waals surface area contributed by atoms with E-state index in [1.807, 2.05) is 31.2 Å². The average Bonchev–Trinajstić information content (AvgIpc) is 2.58. The summed E-state index contributed by atoms with van der Waals surface area (Å²) in [7, 11) is 0. The van der Waals surface area contributed by atoms with Gasteiger partial charge in [0.1, 0.15) is 23.5 Å². The van der Waals surface area contributed by atoms with E-state index in [0.717, 1.165) is 16.9 Å². The molecule has 0 radical (unpaired) electrons. The molecule has 5 heteroatoms. The van der Waals surface area contributed by atoms with Crippen molar-refractivity contribution < 1.29 is 0 Å². The Morgan fingerprint density at radius 3 is 2.24 bits per heavy atom. The molecule has 0 fully saturated rings. The third kappa shape index (κ3) is 3.93. The molecule has 0 aliphatic heterocycles. The smallest absolute Gasteiger partial charge is 0.136 e. The maximum atomic E-state index is 9.22. The first-order chi connectivity index (χ1) is 12.0. The molecule has 0 saturated heterocycles. The first kappa shape index (κ1) is 16.5. The van der Waals surface area contributed by atoms with Crippen LogP contribution >= 0.6 is 0 Å². The van der Waals surface area contributed by atoms with Crippen LogP contribution in [0.1, 0.15) is 22.5 Å². The fourth-order valence-corrected chi connectivity index (χ4v) is 2.53. The van der Waals surface area contributed by atoms with E-state index in [1.54, 1.807) is 6.07 Å². The van der Waals surface area contributed by atoms with Crippen molar-refractivity contribution >= 4 is 23.0 Å². The third-order valence-electron chi connectivity index (χ3n) is 3.80. The van der Waals surface area contributed by atoms with E-state index in [2.05, 4.69) is 58.7 Å². The number of nitriles is 1. The van der Waals surface area contributed by atoms with Crippen molar-refractivity contribution in [2.75, 3.05) is 10.6 Å². The second kappa shape index (κ2) is 7.02. The predicted molar refractivity (Wildman–Crippen MR) is 100 cm³/mol.